The van der Waals surface area contributed by atoms with Gasteiger partial charge in [-0.3, -0.25) is 14.3 Å². The first-order valence-corrected chi connectivity index (χ1v) is 9.00. The molecule has 0 bridgehead atoms. The van der Waals surface area contributed by atoms with Crippen molar-refractivity contribution < 1.29 is 9.63 Å². The molecule has 142 valence electrons. The van der Waals surface area contributed by atoms with E-state index in [4.69, 9.17) is 9.63 Å². The number of aromatic nitrogens is 4. The molecule has 1 fully saturated rings. The lowest BCUT2D eigenvalue weighted by atomic mass is 10.2. The number of rotatable bonds is 5. The monoisotopic (exact) mass is 370 g/mol. The van der Waals surface area contributed by atoms with Crippen LogP contribution in [0.3, 0.4) is 0 Å². The fourth-order valence-electron chi connectivity index (χ4n) is 3.37. The summed E-state index contributed by atoms with van der Waals surface area (Å²) in [5.41, 5.74) is 1.61. The van der Waals surface area contributed by atoms with Gasteiger partial charge >= 0.3 is 0 Å². The van der Waals surface area contributed by atoms with E-state index in [-0.39, 0.29) is 18.7 Å². The van der Waals surface area contributed by atoms with E-state index < -0.39 is 0 Å². The van der Waals surface area contributed by atoms with Crippen molar-refractivity contribution in [3.05, 3.63) is 46.6 Å². The first-order chi connectivity index (χ1) is 13.1. The van der Waals surface area contributed by atoms with Crippen LogP contribution in [0.1, 0.15) is 11.7 Å². The van der Waals surface area contributed by atoms with Crippen molar-refractivity contribution in [2.75, 3.05) is 37.7 Å². The van der Waals surface area contributed by atoms with E-state index >= 15 is 0 Å². The molecule has 4 rings (SSSR count). The van der Waals surface area contributed by atoms with E-state index in [2.05, 4.69) is 24.9 Å². The number of hydrogen-bond donors (Lipinski definition) is 1. The molecule has 1 N–H and O–H groups in total. The number of benzene rings is 1. The minimum absolute atomic E-state index is 0.0847. The Kier molecular flexibility index (Phi) is 4.87. The first-order valence-electron chi connectivity index (χ1n) is 9.00. The maximum Gasteiger partial charge on any atom is 0.261 e. The Balaban J connectivity index is 1.45. The van der Waals surface area contributed by atoms with Crippen molar-refractivity contribution in [2.24, 2.45) is 0 Å². The highest BCUT2D eigenvalue weighted by molar-refractivity contribution is 5.81. The lowest BCUT2D eigenvalue weighted by Crippen LogP contribution is -2.46. The smallest absolute Gasteiger partial charge is 0.261 e. The van der Waals surface area contributed by atoms with E-state index in [1.807, 2.05) is 25.1 Å². The van der Waals surface area contributed by atoms with Gasteiger partial charge in [0.25, 0.3) is 5.56 Å². The lowest BCUT2D eigenvalue weighted by molar-refractivity contribution is 0.215. The SMILES string of the molecule is Cc1noc(CN2CCN(c3ccc4c(=O)n(CCO)cnc4c3)CC2)n1. The van der Waals surface area contributed by atoms with Gasteiger partial charge in [0.1, 0.15) is 0 Å². The Morgan fingerprint density at radius 3 is 2.74 bits per heavy atom. The van der Waals surface area contributed by atoms with Gasteiger partial charge in [0.05, 0.1) is 36.9 Å². The fraction of sp³-hybridized carbons (Fsp3) is 0.444. The van der Waals surface area contributed by atoms with Gasteiger partial charge in [-0.1, -0.05) is 5.16 Å². The molecule has 0 aliphatic carbocycles. The van der Waals surface area contributed by atoms with Crippen molar-refractivity contribution in [3.8, 4) is 0 Å². The Morgan fingerprint density at radius 1 is 1.22 bits per heavy atom. The van der Waals surface area contributed by atoms with Gasteiger partial charge in [-0.15, -0.1) is 0 Å². The molecule has 9 heteroatoms. The number of anilines is 1. The van der Waals surface area contributed by atoms with Crippen molar-refractivity contribution >= 4 is 16.6 Å². The second-order valence-electron chi connectivity index (χ2n) is 6.67. The molecule has 3 aromatic rings. The van der Waals surface area contributed by atoms with Crippen LogP contribution < -0.4 is 10.5 Å². The second-order valence-corrected chi connectivity index (χ2v) is 6.67. The third-order valence-corrected chi connectivity index (χ3v) is 4.82. The number of fused-ring (bicyclic) bond motifs is 1. The zero-order valence-corrected chi connectivity index (χ0v) is 15.2. The van der Waals surface area contributed by atoms with Gasteiger partial charge < -0.3 is 14.5 Å². The average Bonchev–Trinajstić information content (AvgIpc) is 3.09. The Hall–Kier alpha value is -2.78. The summed E-state index contributed by atoms with van der Waals surface area (Å²) < 4.78 is 6.62. The molecule has 0 unspecified atom stereocenters. The zero-order chi connectivity index (χ0) is 18.8. The summed E-state index contributed by atoms with van der Waals surface area (Å²) in [6, 6.07) is 5.74. The van der Waals surface area contributed by atoms with E-state index in [1.54, 1.807) is 0 Å². The van der Waals surface area contributed by atoms with Gasteiger partial charge in [0, 0.05) is 31.9 Å². The predicted molar refractivity (Wildman–Crippen MR) is 99.6 cm³/mol. The van der Waals surface area contributed by atoms with Gasteiger partial charge in [-0.05, 0) is 25.1 Å². The molecule has 0 spiro atoms. The van der Waals surface area contributed by atoms with Crippen molar-refractivity contribution in [1.29, 1.82) is 0 Å². The van der Waals surface area contributed by atoms with Crippen molar-refractivity contribution in [2.45, 2.75) is 20.0 Å². The summed E-state index contributed by atoms with van der Waals surface area (Å²) in [4.78, 5) is 25.6. The highest BCUT2D eigenvalue weighted by atomic mass is 16.5. The van der Waals surface area contributed by atoms with Crippen molar-refractivity contribution in [3.63, 3.8) is 0 Å². The molecule has 0 saturated carbocycles. The van der Waals surface area contributed by atoms with Gasteiger partial charge in [-0.2, -0.15) is 4.98 Å². The van der Waals surface area contributed by atoms with Crippen LogP contribution in [0.5, 0.6) is 0 Å². The van der Waals surface area contributed by atoms with Crippen LogP contribution in [0.4, 0.5) is 5.69 Å². The summed E-state index contributed by atoms with van der Waals surface area (Å²) in [5.74, 6) is 1.31. The molecule has 2 aromatic heterocycles. The average molecular weight is 370 g/mol. The molecule has 1 aromatic carbocycles. The molecule has 9 nitrogen and oxygen atoms in total. The van der Waals surface area contributed by atoms with Crippen LogP contribution in [-0.4, -0.2) is 62.5 Å². The quantitative estimate of drug-likeness (QED) is 0.689. The molecule has 0 radical (unpaired) electrons. The molecular formula is C18H22N6O3. The molecule has 1 aliphatic rings. The normalized spacial score (nSPS) is 15.6. The summed E-state index contributed by atoms with van der Waals surface area (Å²) in [6.07, 6.45) is 1.50. The zero-order valence-electron chi connectivity index (χ0n) is 15.2. The number of hydrogen-bond acceptors (Lipinski definition) is 8. The Labute approximate surface area is 155 Å². The minimum Gasteiger partial charge on any atom is -0.395 e. The summed E-state index contributed by atoms with van der Waals surface area (Å²) in [6.45, 7) is 6.19. The highest BCUT2D eigenvalue weighted by Gasteiger charge is 2.19. The number of nitrogens with zero attached hydrogens (tertiary/aromatic N) is 6. The molecule has 3 heterocycles. The number of piperazine rings is 1. The van der Waals surface area contributed by atoms with Crippen LogP contribution in [0.25, 0.3) is 10.9 Å². The Morgan fingerprint density at radius 2 is 2.04 bits per heavy atom. The molecule has 1 aliphatic heterocycles. The summed E-state index contributed by atoms with van der Waals surface area (Å²) >= 11 is 0. The molecule has 27 heavy (non-hydrogen) atoms. The summed E-state index contributed by atoms with van der Waals surface area (Å²) in [7, 11) is 0. The maximum atomic E-state index is 12.4. The number of aliphatic hydroxyl groups excluding tert-OH is 1. The standard InChI is InChI=1S/C18H22N6O3/c1-13-20-17(27-21-13)11-22-4-6-23(7-5-22)14-2-3-15-16(10-14)19-12-24(8-9-25)18(15)26/h2-3,10,12,25H,4-9,11H2,1H3. The van der Waals surface area contributed by atoms with Crippen LogP contribution >= 0.6 is 0 Å². The minimum atomic E-state index is -0.125. The van der Waals surface area contributed by atoms with Crippen molar-refractivity contribution in [1.82, 2.24) is 24.6 Å². The van der Waals surface area contributed by atoms with Gasteiger partial charge in [0.15, 0.2) is 5.82 Å². The van der Waals surface area contributed by atoms with Crippen LogP contribution in [0, 0.1) is 6.92 Å². The highest BCUT2D eigenvalue weighted by Crippen LogP contribution is 2.21. The van der Waals surface area contributed by atoms with Gasteiger partial charge in [-0.25, -0.2) is 4.98 Å². The molecule has 0 atom stereocenters. The predicted octanol–water partition coefficient (Wildman–Crippen LogP) is 0.402. The van der Waals surface area contributed by atoms with E-state index in [0.717, 1.165) is 31.9 Å². The molecule has 0 amide bonds. The Bertz CT molecular complexity index is 990. The fourth-order valence-corrected chi connectivity index (χ4v) is 3.37. The second kappa shape index (κ2) is 7.45. The lowest BCUT2D eigenvalue weighted by Gasteiger charge is -2.35. The molecular weight excluding hydrogens is 348 g/mol. The van der Waals surface area contributed by atoms with E-state index in [0.29, 0.717) is 29.2 Å². The number of aliphatic hydroxyl groups is 1. The third kappa shape index (κ3) is 3.69. The largest absolute Gasteiger partial charge is 0.395 e. The van der Waals surface area contributed by atoms with Crippen LogP contribution in [-0.2, 0) is 13.1 Å². The van der Waals surface area contributed by atoms with Crippen LogP contribution in [0.2, 0.25) is 0 Å². The topological polar surface area (TPSA) is 101 Å². The maximum absolute atomic E-state index is 12.4. The third-order valence-electron chi connectivity index (χ3n) is 4.82. The van der Waals surface area contributed by atoms with E-state index in [1.165, 1.54) is 10.9 Å². The van der Waals surface area contributed by atoms with Crippen LogP contribution in [0.15, 0.2) is 33.8 Å². The van der Waals surface area contributed by atoms with Gasteiger partial charge in [0.2, 0.25) is 5.89 Å². The molecule has 1 saturated heterocycles. The first kappa shape index (κ1) is 17.6. The van der Waals surface area contributed by atoms with E-state index in [9.17, 15) is 4.79 Å². The number of aryl methyl sites for hydroxylation is 1. The summed E-state index contributed by atoms with van der Waals surface area (Å²) in [5, 5.41) is 13.4.